The Balaban J connectivity index is 1.99. The number of ether oxygens (including phenoxy) is 2. The Morgan fingerprint density at radius 1 is 1.56 bits per heavy atom. The number of carbonyl (C=O) groups excluding carboxylic acids is 2. The smallest absolute Gasteiger partial charge is 0.311 e. The molecule has 0 aromatic carbocycles. The zero-order valence-corrected chi connectivity index (χ0v) is 11.2. The lowest BCUT2D eigenvalue weighted by Crippen LogP contribution is -2.56. The third-order valence-electron chi connectivity index (χ3n) is 4.14. The molecular weight excluding hydrogens is 236 g/mol. The molecule has 5 nitrogen and oxygen atoms in total. The van der Waals surface area contributed by atoms with E-state index in [9.17, 15) is 14.7 Å². The summed E-state index contributed by atoms with van der Waals surface area (Å²) in [5, 5.41) is 9.82. The largest absolute Gasteiger partial charge is 0.461 e. The molecular formula is C13H20O5. The van der Waals surface area contributed by atoms with Crippen LogP contribution < -0.4 is 0 Å². The van der Waals surface area contributed by atoms with E-state index in [1.54, 1.807) is 20.8 Å². The molecule has 4 atom stereocenters. The summed E-state index contributed by atoms with van der Waals surface area (Å²) >= 11 is 0. The lowest BCUT2D eigenvalue weighted by molar-refractivity contribution is -0.165. The van der Waals surface area contributed by atoms with Crippen molar-refractivity contribution in [2.75, 3.05) is 6.61 Å². The molecule has 1 saturated carbocycles. The van der Waals surface area contributed by atoms with E-state index in [0.717, 1.165) is 0 Å². The predicted molar refractivity (Wildman–Crippen MR) is 62.5 cm³/mol. The van der Waals surface area contributed by atoms with E-state index < -0.39 is 23.0 Å². The average Bonchev–Trinajstić information content (AvgIpc) is 2.45. The predicted octanol–water partition coefficient (Wildman–Crippen LogP) is 0.888. The maximum absolute atomic E-state index is 11.7. The second-order valence-corrected chi connectivity index (χ2v) is 6.44. The maximum atomic E-state index is 11.7. The van der Waals surface area contributed by atoms with Crippen molar-refractivity contribution in [1.82, 2.24) is 0 Å². The van der Waals surface area contributed by atoms with Crippen LogP contribution in [-0.4, -0.2) is 35.9 Å². The molecule has 2 aliphatic rings. The van der Waals surface area contributed by atoms with Crippen molar-refractivity contribution < 1.29 is 24.2 Å². The quantitative estimate of drug-likeness (QED) is 0.743. The van der Waals surface area contributed by atoms with Crippen LogP contribution in [0, 0.1) is 16.7 Å². The minimum atomic E-state index is -0.602. The van der Waals surface area contributed by atoms with Crippen LogP contribution in [0.2, 0.25) is 0 Å². The van der Waals surface area contributed by atoms with E-state index in [2.05, 4.69) is 0 Å². The summed E-state index contributed by atoms with van der Waals surface area (Å²) in [6, 6.07) is 0. The Morgan fingerprint density at radius 2 is 2.17 bits per heavy atom. The minimum absolute atomic E-state index is 0.0197. The maximum Gasteiger partial charge on any atom is 0.311 e. The van der Waals surface area contributed by atoms with E-state index in [0.29, 0.717) is 6.42 Å². The van der Waals surface area contributed by atoms with E-state index in [1.165, 1.54) is 0 Å². The summed E-state index contributed by atoms with van der Waals surface area (Å²) in [6.45, 7) is 7.12. The number of aliphatic hydroxyl groups is 1. The zero-order chi connectivity index (χ0) is 13.7. The molecule has 0 spiro atoms. The second-order valence-electron chi connectivity index (χ2n) is 6.44. The second kappa shape index (κ2) is 3.95. The van der Waals surface area contributed by atoms with Gasteiger partial charge in [0.25, 0.3) is 0 Å². The number of cyclic esters (lactones) is 1. The van der Waals surface area contributed by atoms with Crippen molar-refractivity contribution in [1.29, 1.82) is 0 Å². The summed E-state index contributed by atoms with van der Waals surface area (Å²) in [7, 11) is 0. The lowest BCUT2D eigenvalue weighted by atomic mass is 9.58. The van der Waals surface area contributed by atoms with E-state index in [-0.39, 0.29) is 24.5 Å². The molecule has 1 heterocycles. The number of carbonyl (C=O) groups is 2. The summed E-state index contributed by atoms with van der Waals surface area (Å²) < 4.78 is 10.4. The molecule has 0 bridgehead atoms. The van der Waals surface area contributed by atoms with Gasteiger partial charge in [-0.1, -0.05) is 6.92 Å². The standard InChI is InChI=1S/C13H20O5/c1-12(2,3)11(16)17-6-9-13(4)7(5-8(13)14)10(15)18-9/h7-9,14H,5-6H2,1-4H3/t7-,8-,9-,13+/m1/s1. The lowest BCUT2D eigenvalue weighted by Gasteiger charge is -2.46. The Kier molecular flexibility index (Phi) is 2.93. The highest BCUT2D eigenvalue weighted by atomic mass is 16.6. The summed E-state index contributed by atoms with van der Waals surface area (Å²) in [5.74, 6) is -0.884. The highest BCUT2D eigenvalue weighted by Crippen LogP contribution is 2.55. The highest BCUT2D eigenvalue weighted by molar-refractivity contribution is 5.78. The molecule has 2 rings (SSSR count). The minimum Gasteiger partial charge on any atom is -0.461 e. The number of hydrogen-bond donors (Lipinski definition) is 1. The number of aliphatic hydroxyl groups excluding tert-OH is 1. The molecule has 1 aliphatic carbocycles. The zero-order valence-electron chi connectivity index (χ0n) is 11.2. The summed E-state index contributed by atoms with van der Waals surface area (Å²) in [6.07, 6.45) is -0.656. The van der Waals surface area contributed by atoms with E-state index >= 15 is 0 Å². The Hall–Kier alpha value is -1.10. The molecule has 0 aromatic rings. The van der Waals surface area contributed by atoms with Crippen molar-refractivity contribution in [2.45, 2.75) is 46.3 Å². The number of fused-ring (bicyclic) bond motifs is 1. The molecule has 1 N–H and O–H groups in total. The fourth-order valence-corrected chi connectivity index (χ4v) is 2.52. The Morgan fingerprint density at radius 3 is 2.67 bits per heavy atom. The first-order valence-electron chi connectivity index (χ1n) is 6.23. The van der Waals surface area contributed by atoms with Crippen molar-refractivity contribution in [3.63, 3.8) is 0 Å². The van der Waals surface area contributed by atoms with Gasteiger partial charge in [-0.2, -0.15) is 0 Å². The first kappa shape index (κ1) is 13.3. The van der Waals surface area contributed by atoms with Crippen LogP contribution in [-0.2, 0) is 19.1 Å². The van der Waals surface area contributed by atoms with Gasteiger partial charge in [0.1, 0.15) is 12.7 Å². The van der Waals surface area contributed by atoms with Gasteiger partial charge in [-0.15, -0.1) is 0 Å². The Bertz CT molecular complexity index is 383. The average molecular weight is 256 g/mol. The monoisotopic (exact) mass is 256 g/mol. The van der Waals surface area contributed by atoms with Gasteiger partial charge >= 0.3 is 11.9 Å². The van der Waals surface area contributed by atoms with Gasteiger partial charge in [0, 0.05) is 5.41 Å². The van der Waals surface area contributed by atoms with E-state index in [1.807, 2.05) is 6.92 Å². The van der Waals surface area contributed by atoms with Crippen molar-refractivity contribution >= 4 is 11.9 Å². The van der Waals surface area contributed by atoms with Crippen LogP contribution in [0.3, 0.4) is 0 Å². The fourth-order valence-electron chi connectivity index (χ4n) is 2.52. The first-order chi connectivity index (χ1) is 8.17. The van der Waals surface area contributed by atoms with Gasteiger partial charge < -0.3 is 14.6 Å². The molecule has 18 heavy (non-hydrogen) atoms. The van der Waals surface area contributed by atoms with Crippen LogP contribution in [0.15, 0.2) is 0 Å². The number of esters is 2. The van der Waals surface area contributed by atoms with Gasteiger partial charge in [-0.3, -0.25) is 9.59 Å². The van der Waals surface area contributed by atoms with E-state index in [4.69, 9.17) is 9.47 Å². The molecule has 1 saturated heterocycles. The Labute approximate surface area is 106 Å². The molecule has 0 unspecified atom stereocenters. The van der Waals surface area contributed by atoms with Crippen LogP contribution in [0.4, 0.5) is 0 Å². The summed E-state index contributed by atoms with van der Waals surface area (Å²) in [5.41, 5.74) is -1.18. The normalized spacial score (nSPS) is 38.7. The van der Waals surface area contributed by atoms with Crippen LogP contribution in [0.5, 0.6) is 0 Å². The third kappa shape index (κ3) is 1.81. The molecule has 102 valence electrons. The molecule has 5 heteroatoms. The SMILES string of the molecule is CC(C)(C)C(=O)OC[C@H]1OC(=O)[C@H]2C[C@@H](O)[C@]21C. The van der Waals surface area contributed by atoms with Crippen molar-refractivity contribution in [3.8, 4) is 0 Å². The highest BCUT2D eigenvalue weighted by Gasteiger charge is 2.65. The van der Waals surface area contributed by atoms with Crippen molar-refractivity contribution in [3.05, 3.63) is 0 Å². The van der Waals surface area contributed by atoms with Gasteiger partial charge in [-0.05, 0) is 27.2 Å². The third-order valence-corrected chi connectivity index (χ3v) is 4.14. The number of hydrogen-bond acceptors (Lipinski definition) is 5. The van der Waals surface area contributed by atoms with Gasteiger partial charge in [-0.25, -0.2) is 0 Å². The fraction of sp³-hybridized carbons (Fsp3) is 0.846. The van der Waals surface area contributed by atoms with Crippen LogP contribution in [0.1, 0.15) is 34.1 Å². The number of rotatable bonds is 2. The van der Waals surface area contributed by atoms with Gasteiger partial charge in [0.2, 0.25) is 0 Å². The summed E-state index contributed by atoms with van der Waals surface area (Å²) in [4.78, 5) is 23.2. The molecule has 0 amide bonds. The van der Waals surface area contributed by atoms with Crippen molar-refractivity contribution in [2.24, 2.45) is 16.7 Å². The first-order valence-corrected chi connectivity index (χ1v) is 6.23. The topological polar surface area (TPSA) is 72.8 Å². The van der Waals surface area contributed by atoms with Gasteiger partial charge in [0.15, 0.2) is 0 Å². The van der Waals surface area contributed by atoms with Gasteiger partial charge in [0.05, 0.1) is 17.4 Å². The van der Waals surface area contributed by atoms with Crippen LogP contribution in [0.25, 0.3) is 0 Å². The molecule has 1 aliphatic heterocycles. The van der Waals surface area contributed by atoms with Crippen LogP contribution >= 0.6 is 0 Å². The molecule has 0 aromatic heterocycles. The molecule has 0 radical (unpaired) electrons. The molecule has 2 fully saturated rings.